The number of nitrogens with zero attached hydrogens (tertiary/aromatic N) is 10. The van der Waals surface area contributed by atoms with Gasteiger partial charge in [0.1, 0.15) is 22.2 Å². The van der Waals surface area contributed by atoms with E-state index >= 15 is 0 Å². The molecule has 0 unspecified atom stereocenters. The number of hydrogen-bond acceptors (Lipinski definition) is 14. The zero-order valence-corrected chi connectivity index (χ0v) is 51.9. The van der Waals surface area contributed by atoms with Crippen LogP contribution in [0.5, 0.6) is 0 Å². The van der Waals surface area contributed by atoms with Gasteiger partial charge in [-0.05, 0) is 111 Å². The van der Waals surface area contributed by atoms with Crippen molar-refractivity contribution in [3.63, 3.8) is 0 Å². The minimum Gasteiger partial charge on any atom is -0.436 e. The molecule has 1 saturated heterocycles. The van der Waals surface area contributed by atoms with Gasteiger partial charge in [0.25, 0.3) is 0 Å². The summed E-state index contributed by atoms with van der Waals surface area (Å²) in [7, 11) is -0.664. The van der Waals surface area contributed by atoms with Crippen LogP contribution in [0.4, 0.5) is 0 Å². The molecule has 0 bridgehead atoms. The van der Waals surface area contributed by atoms with Crippen LogP contribution in [0, 0.1) is 0 Å². The molecule has 16 aromatic rings. The molecule has 14 nitrogen and oxygen atoms in total. The lowest BCUT2D eigenvalue weighted by Gasteiger charge is -2.32. The summed E-state index contributed by atoms with van der Waals surface area (Å²) in [6.45, 7) is 8.09. The molecule has 92 heavy (non-hydrogen) atoms. The average Bonchev–Trinajstić information content (AvgIpc) is 1.67. The highest BCUT2D eigenvalue weighted by Crippen LogP contribution is 2.38. The van der Waals surface area contributed by atoms with Crippen LogP contribution < -0.4 is 5.72 Å². The van der Waals surface area contributed by atoms with Crippen molar-refractivity contribution in [1.29, 1.82) is 0 Å². The third kappa shape index (κ3) is 11.5. The first-order valence-corrected chi connectivity index (χ1v) is 30.9. The molecule has 0 spiro atoms. The zero-order valence-electron chi connectivity index (χ0n) is 50.3. The third-order valence-electron chi connectivity index (χ3n) is 16.5. The van der Waals surface area contributed by atoms with Gasteiger partial charge in [-0.2, -0.15) is 0 Å². The number of hydrogen-bond donors (Lipinski definition) is 0. The lowest BCUT2D eigenvalue weighted by molar-refractivity contribution is 0.00578. The second-order valence-corrected chi connectivity index (χ2v) is 24.1. The Bertz CT molecular complexity index is 5360. The van der Waals surface area contributed by atoms with E-state index in [2.05, 4.69) is 91.5 Å². The number of furan rings is 2. The van der Waals surface area contributed by atoms with Gasteiger partial charge in [-0.25, -0.2) is 49.8 Å². The van der Waals surface area contributed by atoms with Crippen molar-refractivity contribution in [3.05, 3.63) is 259 Å². The molecule has 7 heterocycles. The summed E-state index contributed by atoms with van der Waals surface area (Å²) in [6, 6.07) is 84.5. The highest BCUT2D eigenvalue weighted by molar-refractivity contribution is 9.10. The SMILES string of the molecule is Brc1ccc2oc3nc4ccccc4nc3c2c1.CC1(C)OB(c2nc(-c3ccccc3)nc(-c3ccc(-c4ccccc4)cc3)n2)OC1(C)C.c1ccc(-c2ccc(-c3nc(-c4ccccc4)nc(-c4ccc5oc6nc7ccccc7nc6c5c4)n3)cc2)cc1. The van der Waals surface area contributed by atoms with Gasteiger partial charge in [0.05, 0.1) is 33.3 Å². The fourth-order valence-corrected chi connectivity index (χ4v) is 11.3. The summed E-state index contributed by atoms with van der Waals surface area (Å²) in [4.78, 5) is 47.7. The van der Waals surface area contributed by atoms with Crippen LogP contribution in [0.2, 0.25) is 0 Å². The van der Waals surface area contributed by atoms with Crippen LogP contribution >= 0.6 is 15.9 Å². The third-order valence-corrected chi connectivity index (χ3v) is 17.0. The van der Waals surface area contributed by atoms with Gasteiger partial charge in [-0.1, -0.05) is 210 Å². The summed E-state index contributed by atoms with van der Waals surface area (Å²) in [5, 5.41) is 1.85. The number of rotatable bonds is 8. The van der Waals surface area contributed by atoms with Crippen molar-refractivity contribution in [3.8, 4) is 79.2 Å². The van der Waals surface area contributed by atoms with E-state index in [9.17, 15) is 0 Å². The van der Waals surface area contributed by atoms with Gasteiger partial charge in [-0.3, -0.25) is 0 Å². The molecule has 0 amide bonds. The molecule has 0 aliphatic carbocycles. The van der Waals surface area contributed by atoms with Gasteiger partial charge >= 0.3 is 7.12 Å². The Kier molecular flexibility index (Phi) is 15.0. The van der Waals surface area contributed by atoms with Crippen molar-refractivity contribution >= 4 is 95.2 Å². The molecule has 17 rings (SSSR count). The van der Waals surface area contributed by atoms with Crippen LogP contribution in [0.15, 0.2) is 268 Å². The summed E-state index contributed by atoms with van der Waals surface area (Å²) >= 11 is 3.46. The van der Waals surface area contributed by atoms with Crippen LogP contribution in [0.1, 0.15) is 27.7 Å². The maximum atomic E-state index is 6.23. The smallest absolute Gasteiger partial charge is 0.436 e. The monoisotopic (exact) mass is 1260 g/mol. The lowest BCUT2D eigenvalue weighted by atomic mass is 9.89. The molecular formula is C76H54BBrN10O4. The van der Waals surface area contributed by atoms with Gasteiger partial charge in [0.2, 0.25) is 11.4 Å². The van der Waals surface area contributed by atoms with Crippen LogP contribution in [-0.4, -0.2) is 68.2 Å². The van der Waals surface area contributed by atoms with Crippen molar-refractivity contribution in [2.75, 3.05) is 0 Å². The van der Waals surface area contributed by atoms with Gasteiger partial charge in [0, 0.05) is 43.1 Å². The Hall–Kier alpha value is -11.0. The molecule has 442 valence electrons. The molecule has 16 heteroatoms. The van der Waals surface area contributed by atoms with Crippen molar-refractivity contribution in [2.24, 2.45) is 0 Å². The molecule has 0 radical (unpaired) electrons. The van der Waals surface area contributed by atoms with Gasteiger partial charge < -0.3 is 18.1 Å². The standard InChI is InChI=1S/C35H21N5O.C27H26BN3O2.C14H7BrN2O/c1-3-9-22(10-4-1)23-15-17-25(18-16-23)33-38-32(24-11-5-2-6-12-24)39-34(40-33)26-19-20-30-27(21-26)31-35(41-30)37-29-14-8-7-13-28(29)36-31;1-26(2)27(3,4)33-28(32-26)25-30-23(21-13-9-6-10-14-21)29-24(31-25)22-17-15-20(16-18-22)19-11-7-5-8-12-19;15-8-5-6-12-9(7-8)13-14(18-12)17-11-4-2-1-3-10(11)16-13/h1-21H;5-18H,1-4H3;1-7H. The number of para-hydroxylation sites is 4. The molecule has 0 saturated carbocycles. The van der Waals surface area contributed by atoms with Crippen molar-refractivity contribution in [1.82, 2.24) is 49.8 Å². The second-order valence-electron chi connectivity index (χ2n) is 23.1. The van der Waals surface area contributed by atoms with Crippen molar-refractivity contribution < 1.29 is 18.1 Å². The Balaban J connectivity index is 0.000000123. The molecule has 1 fully saturated rings. The quantitative estimate of drug-likeness (QED) is 0.131. The minimum atomic E-state index is -0.664. The second kappa shape index (κ2) is 24.1. The van der Waals surface area contributed by atoms with E-state index in [1.165, 1.54) is 5.56 Å². The van der Waals surface area contributed by atoms with Crippen LogP contribution in [0.25, 0.3) is 146 Å². The van der Waals surface area contributed by atoms with Crippen molar-refractivity contribution in [2.45, 2.75) is 38.9 Å². The summed E-state index contributed by atoms with van der Waals surface area (Å²) in [5.74, 6) is 2.98. The molecule has 6 aromatic heterocycles. The topological polar surface area (TPSA) is 174 Å². The molecule has 0 atom stereocenters. The van der Waals surface area contributed by atoms with Gasteiger partial charge in [-0.15, -0.1) is 0 Å². The maximum Gasteiger partial charge on any atom is 0.534 e. The Morgan fingerprint density at radius 2 is 0.598 bits per heavy atom. The molecule has 0 N–H and O–H groups in total. The first kappa shape index (κ1) is 57.4. The number of benzene rings is 10. The number of aromatic nitrogens is 10. The van der Waals surface area contributed by atoms with E-state index in [0.717, 1.165) is 98.4 Å². The van der Waals surface area contributed by atoms with Gasteiger partial charge in [0.15, 0.2) is 34.8 Å². The normalized spacial score (nSPS) is 13.3. The molecule has 1 aliphatic rings. The number of halogens is 1. The summed E-state index contributed by atoms with van der Waals surface area (Å²) < 4.78 is 25.3. The molecular weight excluding hydrogens is 1210 g/mol. The van der Waals surface area contributed by atoms with E-state index in [4.69, 9.17) is 53.0 Å². The predicted molar refractivity (Wildman–Crippen MR) is 368 cm³/mol. The Labute approximate surface area is 537 Å². The minimum absolute atomic E-state index is 0.477. The summed E-state index contributed by atoms with van der Waals surface area (Å²) in [5.41, 5.74) is 16.1. The Morgan fingerprint density at radius 1 is 0.293 bits per heavy atom. The van der Waals surface area contributed by atoms with E-state index in [1.807, 2.05) is 222 Å². The number of fused-ring (bicyclic) bond motifs is 8. The molecule has 10 aromatic carbocycles. The predicted octanol–water partition coefficient (Wildman–Crippen LogP) is 17.8. The summed E-state index contributed by atoms with van der Waals surface area (Å²) in [6.07, 6.45) is 0. The maximum absolute atomic E-state index is 6.23. The lowest BCUT2D eigenvalue weighted by Crippen LogP contribution is -2.41. The highest BCUT2D eigenvalue weighted by atomic mass is 79.9. The van der Waals surface area contributed by atoms with Crippen LogP contribution in [-0.2, 0) is 9.31 Å². The molecule has 1 aliphatic heterocycles. The van der Waals surface area contributed by atoms with E-state index in [-0.39, 0.29) is 0 Å². The highest BCUT2D eigenvalue weighted by Gasteiger charge is 2.53. The van der Waals surface area contributed by atoms with E-state index in [0.29, 0.717) is 51.9 Å². The van der Waals surface area contributed by atoms with E-state index < -0.39 is 18.3 Å². The fourth-order valence-electron chi connectivity index (χ4n) is 10.9. The first-order chi connectivity index (χ1) is 44.9. The average molecular weight is 1260 g/mol. The van der Waals surface area contributed by atoms with E-state index in [1.54, 1.807) is 0 Å². The Morgan fingerprint density at radius 3 is 1.02 bits per heavy atom. The zero-order chi connectivity index (χ0) is 62.3. The first-order valence-electron chi connectivity index (χ1n) is 30.1. The van der Waals surface area contributed by atoms with Crippen LogP contribution in [0.3, 0.4) is 0 Å². The fraction of sp³-hybridized carbons (Fsp3) is 0.0789. The largest absolute Gasteiger partial charge is 0.534 e.